The van der Waals surface area contributed by atoms with Crippen molar-refractivity contribution in [1.29, 1.82) is 0 Å². The number of amides is 1. The van der Waals surface area contributed by atoms with E-state index in [1.807, 2.05) is 0 Å². The summed E-state index contributed by atoms with van der Waals surface area (Å²) in [6, 6.07) is 0. The molecule has 0 spiro atoms. The smallest absolute Gasteiger partial charge is 0.449 e. The molecule has 0 saturated carbocycles. The first-order valence-electron chi connectivity index (χ1n) is 3.38. The normalized spacial score (nSPS) is 10.5. The number of carbonyl (C=O) groups is 1. The molecule has 0 rings (SSSR count). The van der Waals surface area contributed by atoms with Crippen LogP contribution in [0.25, 0.3) is 0 Å². The molecule has 13 heavy (non-hydrogen) atoms. The predicted octanol–water partition coefficient (Wildman–Crippen LogP) is -1.75. The van der Waals surface area contributed by atoms with E-state index in [4.69, 9.17) is 0 Å². The standard InChI is InChI=1S/C5H10BF3NO2.K/c1-10(12-2)5(11)3-4-6(7,8)9;/h3-4H2,1-2H3;/q-1;+1. The fraction of sp³-hybridized carbons (Fsp3) is 0.800. The molecule has 0 heterocycles. The summed E-state index contributed by atoms with van der Waals surface area (Å²) in [6.45, 7) is -4.87. The van der Waals surface area contributed by atoms with Crippen molar-refractivity contribution in [2.45, 2.75) is 12.7 Å². The monoisotopic (exact) mass is 223 g/mol. The molecule has 3 nitrogen and oxygen atoms in total. The first kappa shape index (κ1) is 16.4. The van der Waals surface area contributed by atoms with Gasteiger partial charge in [0.05, 0.1) is 7.11 Å². The summed E-state index contributed by atoms with van der Waals surface area (Å²) >= 11 is 0. The molecule has 0 aromatic rings. The summed E-state index contributed by atoms with van der Waals surface area (Å²) in [7, 11) is 2.49. The topological polar surface area (TPSA) is 29.5 Å². The van der Waals surface area contributed by atoms with Gasteiger partial charge in [-0.1, -0.05) is 6.32 Å². The number of halogens is 3. The van der Waals surface area contributed by atoms with Crippen LogP contribution in [-0.4, -0.2) is 32.1 Å². The molecule has 0 aromatic carbocycles. The summed E-state index contributed by atoms with van der Waals surface area (Å²) in [5.41, 5.74) is 0. The Morgan fingerprint density at radius 3 is 2.23 bits per heavy atom. The Balaban J connectivity index is 0. The second kappa shape index (κ2) is 7.24. The second-order valence-corrected chi connectivity index (χ2v) is 2.32. The fourth-order valence-corrected chi connectivity index (χ4v) is 0.546. The first-order chi connectivity index (χ1) is 5.37. The summed E-state index contributed by atoms with van der Waals surface area (Å²) in [4.78, 5) is 15.1. The minimum absolute atomic E-state index is 0. The zero-order valence-electron chi connectivity index (χ0n) is 7.89. The fourth-order valence-electron chi connectivity index (χ4n) is 0.546. The van der Waals surface area contributed by atoms with Crippen LogP contribution in [0.4, 0.5) is 12.9 Å². The average Bonchev–Trinajstić information content (AvgIpc) is 1.97. The third-order valence-electron chi connectivity index (χ3n) is 1.31. The van der Waals surface area contributed by atoms with Crippen LogP contribution in [-0.2, 0) is 9.63 Å². The molecule has 0 saturated heterocycles. The Morgan fingerprint density at radius 2 is 1.92 bits per heavy atom. The zero-order valence-corrected chi connectivity index (χ0v) is 11.0. The third-order valence-corrected chi connectivity index (χ3v) is 1.31. The summed E-state index contributed by atoms with van der Waals surface area (Å²) in [6.07, 6.45) is -1.60. The molecule has 0 N–H and O–H groups in total. The molecular formula is C5H10BF3KNO2. The maximum atomic E-state index is 11.6. The van der Waals surface area contributed by atoms with Gasteiger partial charge in [-0.3, -0.25) is 9.63 Å². The van der Waals surface area contributed by atoms with E-state index in [1.54, 1.807) is 0 Å². The summed E-state index contributed by atoms with van der Waals surface area (Å²) < 4.78 is 34.9. The number of carbonyl (C=O) groups excluding carboxylic acids is 1. The maximum Gasteiger partial charge on any atom is 1.00 e. The van der Waals surface area contributed by atoms with E-state index < -0.39 is 25.6 Å². The minimum atomic E-state index is -4.87. The van der Waals surface area contributed by atoms with Gasteiger partial charge in [0, 0.05) is 13.5 Å². The molecule has 0 radical (unpaired) electrons. The van der Waals surface area contributed by atoms with Crippen molar-refractivity contribution in [1.82, 2.24) is 5.06 Å². The van der Waals surface area contributed by atoms with Gasteiger partial charge in [0.2, 0.25) is 5.91 Å². The van der Waals surface area contributed by atoms with E-state index in [1.165, 1.54) is 14.2 Å². The molecule has 8 heteroatoms. The van der Waals surface area contributed by atoms with E-state index in [0.717, 1.165) is 5.06 Å². The molecular weight excluding hydrogens is 213 g/mol. The molecule has 0 atom stereocenters. The maximum absolute atomic E-state index is 11.6. The molecule has 72 valence electrons. The summed E-state index contributed by atoms with van der Waals surface area (Å²) in [5, 5.41) is 0.780. The minimum Gasteiger partial charge on any atom is -0.449 e. The molecule has 0 unspecified atom stereocenters. The van der Waals surface area contributed by atoms with E-state index in [0.29, 0.717) is 0 Å². The Bertz CT molecular complexity index is 166. The van der Waals surface area contributed by atoms with Gasteiger partial charge in [-0.05, 0) is 0 Å². The first-order valence-corrected chi connectivity index (χ1v) is 3.38. The van der Waals surface area contributed by atoms with Gasteiger partial charge in [0.1, 0.15) is 0 Å². The van der Waals surface area contributed by atoms with Gasteiger partial charge >= 0.3 is 58.4 Å². The van der Waals surface area contributed by atoms with Gasteiger partial charge in [0.15, 0.2) is 0 Å². The van der Waals surface area contributed by atoms with Gasteiger partial charge in [-0.2, -0.15) is 0 Å². The van der Waals surface area contributed by atoms with E-state index in [-0.39, 0.29) is 51.4 Å². The van der Waals surface area contributed by atoms with Crippen molar-refractivity contribution in [2.24, 2.45) is 0 Å². The number of nitrogens with zero attached hydrogens (tertiary/aromatic N) is 1. The van der Waals surface area contributed by atoms with Crippen molar-refractivity contribution >= 4 is 12.9 Å². The number of hydrogen-bond acceptors (Lipinski definition) is 2. The molecule has 0 aliphatic rings. The Morgan fingerprint density at radius 1 is 1.46 bits per heavy atom. The Labute approximate surface area is 117 Å². The summed E-state index contributed by atoms with van der Waals surface area (Å²) in [5.74, 6) is -0.670. The average molecular weight is 223 g/mol. The SMILES string of the molecule is CON(C)C(=O)CC[B-](F)(F)F.[K+]. The van der Waals surface area contributed by atoms with Gasteiger partial charge < -0.3 is 12.9 Å². The van der Waals surface area contributed by atoms with Crippen LogP contribution in [0.2, 0.25) is 6.32 Å². The van der Waals surface area contributed by atoms with Gasteiger partial charge in [0.25, 0.3) is 0 Å². The van der Waals surface area contributed by atoms with Crippen molar-refractivity contribution in [3.63, 3.8) is 0 Å². The van der Waals surface area contributed by atoms with Crippen LogP contribution in [0.1, 0.15) is 6.42 Å². The molecule has 0 aliphatic carbocycles. The largest absolute Gasteiger partial charge is 1.00 e. The van der Waals surface area contributed by atoms with Crippen molar-refractivity contribution in [2.75, 3.05) is 14.2 Å². The van der Waals surface area contributed by atoms with Crippen LogP contribution >= 0.6 is 0 Å². The Kier molecular flexibility index (Phi) is 9.11. The molecule has 0 bridgehead atoms. The second-order valence-electron chi connectivity index (χ2n) is 2.32. The van der Waals surface area contributed by atoms with Crippen molar-refractivity contribution < 1.29 is 74.0 Å². The van der Waals surface area contributed by atoms with Crippen LogP contribution in [0.5, 0.6) is 0 Å². The van der Waals surface area contributed by atoms with Gasteiger partial charge in [-0.25, -0.2) is 5.06 Å². The predicted molar refractivity (Wildman–Crippen MR) is 38.3 cm³/mol. The van der Waals surface area contributed by atoms with E-state index in [2.05, 4.69) is 4.84 Å². The molecule has 0 fully saturated rings. The van der Waals surface area contributed by atoms with Crippen molar-refractivity contribution in [3.8, 4) is 0 Å². The zero-order chi connectivity index (χ0) is 9.78. The third kappa shape index (κ3) is 9.23. The number of rotatable bonds is 4. The number of hydroxylamine groups is 2. The van der Waals surface area contributed by atoms with E-state index in [9.17, 15) is 17.7 Å². The van der Waals surface area contributed by atoms with Crippen LogP contribution in [0, 0.1) is 0 Å². The number of hydrogen-bond donors (Lipinski definition) is 0. The van der Waals surface area contributed by atoms with Crippen LogP contribution < -0.4 is 51.4 Å². The molecule has 0 aliphatic heterocycles. The van der Waals surface area contributed by atoms with Gasteiger partial charge in [-0.15, -0.1) is 0 Å². The quantitative estimate of drug-likeness (QED) is 0.417. The van der Waals surface area contributed by atoms with Crippen LogP contribution in [0.3, 0.4) is 0 Å². The molecule has 0 aromatic heterocycles. The van der Waals surface area contributed by atoms with E-state index >= 15 is 0 Å². The van der Waals surface area contributed by atoms with Crippen molar-refractivity contribution in [3.05, 3.63) is 0 Å². The molecule has 1 amide bonds. The Hall–Kier alpha value is 0.921. The van der Waals surface area contributed by atoms with Crippen LogP contribution in [0.15, 0.2) is 0 Å².